The zero-order valence-corrected chi connectivity index (χ0v) is 14.7. The third kappa shape index (κ3) is 17.1. The molecule has 0 saturated carbocycles. The monoisotopic (exact) mass is 321 g/mol. The Kier molecular flexibility index (Phi) is 18.9. The molecule has 5 heteroatoms. The number of aliphatic hydroxyl groups excluding tert-OH is 1. The molecule has 0 aromatic rings. The van der Waals surface area contributed by atoms with Crippen molar-refractivity contribution in [2.45, 2.75) is 27.9 Å². The van der Waals surface area contributed by atoms with Crippen LogP contribution in [0.4, 0.5) is 0 Å². The van der Waals surface area contributed by atoms with Crippen molar-refractivity contribution in [2.24, 2.45) is 0 Å². The standard InChI is InChI=1S/C13H28N3O2.2CH4.2CH3/c1-11(2)13(18)14-10-16(6,7)9-12(17)8-15(3,4)5;;;;/h12,17H,1,8-10H2,2-7H3;2*1H4;2*1H3/q+1;;;2*-1/p+1. The van der Waals surface area contributed by atoms with Gasteiger partial charge in [0.15, 0.2) is 12.8 Å². The van der Waals surface area contributed by atoms with Gasteiger partial charge in [-0.15, -0.1) is 0 Å². The molecule has 0 aromatic heterocycles. The van der Waals surface area contributed by atoms with Gasteiger partial charge >= 0.3 is 0 Å². The Balaban J connectivity index is -0.000000241. The van der Waals surface area contributed by atoms with E-state index in [2.05, 4.69) is 11.9 Å². The average molecular weight is 322 g/mol. The Morgan fingerprint density at radius 1 is 1.09 bits per heavy atom. The van der Waals surface area contributed by atoms with Crippen molar-refractivity contribution in [1.82, 2.24) is 5.32 Å². The van der Waals surface area contributed by atoms with Gasteiger partial charge in [-0.3, -0.25) is 4.79 Å². The minimum atomic E-state index is -0.387. The average Bonchev–Trinajstić information content (AvgIpc) is 2.09. The first-order chi connectivity index (χ1) is 7.93. The minimum absolute atomic E-state index is 0. The number of likely N-dealkylation sites (N-methyl/N-ethyl adjacent to an activating group) is 2. The first kappa shape index (κ1) is 32.9. The van der Waals surface area contributed by atoms with Gasteiger partial charge in [0.25, 0.3) is 5.91 Å². The van der Waals surface area contributed by atoms with E-state index in [0.29, 0.717) is 29.8 Å². The summed E-state index contributed by atoms with van der Waals surface area (Å²) in [6.45, 7) is 7.06. The molecule has 1 unspecified atom stereocenters. The van der Waals surface area contributed by atoms with Crippen molar-refractivity contribution < 1.29 is 18.9 Å². The molecule has 0 radical (unpaired) electrons. The van der Waals surface area contributed by atoms with Crippen molar-refractivity contribution in [3.8, 4) is 0 Å². The van der Waals surface area contributed by atoms with E-state index in [9.17, 15) is 9.90 Å². The van der Waals surface area contributed by atoms with E-state index in [1.165, 1.54) is 0 Å². The highest BCUT2D eigenvalue weighted by molar-refractivity contribution is 5.91. The molecule has 1 amide bonds. The Bertz CT molecular complexity index is 308. The highest BCUT2D eigenvalue weighted by Gasteiger charge is 2.25. The molecule has 5 nitrogen and oxygen atoms in total. The summed E-state index contributed by atoms with van der Waals surface area (Å²) in [7, 11) is 10.1. The van der Waals surface area contributed by atoms with Gasteiger partial charge in [0.2, 0.25) is 0 Å². The molecule has 0 fully saturated rings. The van der Waals surface area contributed by atoms with Crippen LogP contribution in [0, 0.1) is 14.9 Å². The molecule has 0 saturated heterocycles. The molecule has 0 spiro atoms. The van der Waals surface area contributed by atoms with Crippen molar-refractivity contribution in [2.75, 3.05) is 55.0 Å². The quantitative estimate of drug-likeness (QED) is 0.326. The number of hydrogen-bond acceptors (Lipinski definition) is 2. The lowest BCUT2D eigenvalue weighted by Crippen LogP contribution is -2.55. The lowest BCUT2D eigenvalue weighted by Gasteiger charge is -2.34. The molecular weight excluding hydrogens is 278 g/mol. The molecule has 0 aliphatic carbocycles. The summed E-state index contributed by atoms with van der Waals surface area (Å²) < 4.78 is 1.26. The second-order valence-electron chi connectivity index (χ2n) is 6.69. The Hall–Kier alpha value is -0.910. The Morgan fingerprint density at radius 2 is 1.50 bits per heavy atom. The van der Waals surface area contributed by atoms with Crippen molar-refractivity contribution >= 4 is 5.91 Å². The van der Waals surface area contributed by atoms with Crippen LogP contribution in [-0.4, -0.2) is 81.1 Å². The van der Waals surface area contributed by atoms with E-state index < -0.39 is 0 Å². The largest absolute Gasteiger partial charge is 0.382 e. The summed E-state index contributed by atoms with van der Waals surface area (Å²) in [5.41, 5.74) is 0.502. The molecule has 0 aromatic carbocycles. The fraction of sp³-hybridized carbons (Fsp3) is 0.706. The van der Waals surface area contributed by atoms with Crippen LogP contribution >= 0.6 is 0 Å². The van der Waals surface area contributed by atoms with Gasteiger partial charge < -0.3 is 34.2 Å². The summed E-state index contributed by atoms with van der Waals surface area (Å²) in [4.78, 5) is 11.4. The van der Waals surface area contributed by atoms with E-state index in [0.717, 1.165) is 4.48 Å². The zero-order valence-electron chi connectivity index (χ0n) is 14.7. The number of quaternary nitrogens is 2. The van der Waals surface area contributed by atoms with Crippen LogP contribution in [0.25, 0.3) is 0 Å². The summed E-state index contributed by atoms with van der Waals surface area (Å²) >= 11 is 0. The number of nitrogens with one attached hydrogen (secondary N) is 1. The van der Waals surface area contributed by atoms with Crippen molar-refractivity contribution in [1.29, 1.82) is 0 Å². The Labute approximate surface area is 140 Å². The highest BCUT2D eigenvalue weighted by atomic mass is 16.3. The second-order valence-corrected chi connectivity index (χ2v) is 6.69. The second kappa shape index (κ2) is 12.6. The number of hydrogen-bond donors (Lipinski definition) is 2. The number of nitrogens with zero attached hydrogens (tertiary/aromatic N) is 2. The molecule has 2 N–H and O–H groups in total. The highest BCUT2D eigenvalue weighted by Crippen LogP contribution is 2.02. The fourth-order valence-electron chi connectivity index (χ4n) is 1.76. The van der Waals surface area contributed by atoms with Gasteiger partial charge in [0, 0.05) is 5.57 Å². The zero-order chi connectivity index (χ0) is 14.6. The molecule has 0 bridgehead atoms. The minimum Gasteiger partial charge on any atom is -0.382 e. The molecule has 22 heavy (non-hydrogen) atoms. The van der Waals surface area contributed by atoms with Crippen LogP contribution in [0.15, 0.2) is 12.2 Å². The molecule has 138 valence electrons. The van der Waals surface area contributed by atoms with Gasteiger partial charge in [0.05, 0.1) is 35.2 Å². The summed E-state index contributed by atoms with van der Waals surface area (Å²) in [5, 5.41) is 12.8. The van der Waals surface area contributed by atoms with E-state index in [1.807, 2.05) is 35.2 Å². The lowest BCUT2D eigenvalue weighted by molar-refractivity contribution is -0.908. The van der Waals surface area contributed by atoms with Crippen LogP contribution in [0.2, 0.25) is 0 Å². The van der Waals surface area contributed by atoms with E-state index in [4.69, 9.17) is 0 Å². The van der Waals surface area contributed by atoms with Gasteiger partial charge in [0.1, 0.15) is 13.1 Å². The van der Waals surface area contributed by atoms with Gasteiger partial charge in [-0.05, 0) is 6.92 Å². The predicted octanol–water partition coefficient (Wildman–Crippen LogP) is 1.95. The number of carbonyl (C=O) groups is 1. The summed E-state index contributed by atoms with van der Waals surface area (Å²) in [5.74, 6) is -0.137. The molecule has 0 heterocycles. The number of aliphatic hydroxyl groups is 1. The smallest absolute Gasteiger partial charge is 0.250 e. The first-order valence-corrected chi connectivity index (χ1v) is 6.17. The summed E-state index contributed by atoms with van der Waals surface area (Å²) in [6, 6.07) is 0. The molecule has 1 atom stereocenters. The fourth-order valence-corrected chi connectivity index (χ4v) is 1.76. The van der Waals surface area contributed by atoms with Crippen molar-refractivity contribution in [3.63, 3.8) is 0 Å². The topological polar surface area (TPSA) is 49.3 Å². The number of rotatable bonds is 7. The SMILES string of the molecule is C.C.C=C(C)C(=O)NC[N+](C)(C)CC(O)C[N+](C)(C)C.[CH3-].[CH3-]. The predicted molar refractivity (Wildman–Crippen MR) is 100.0 cm³/mol. The maximum Gasteiger partial charge on any atom is 0.250 e. The van der Waals surface area contributed by atoms with Crippen LogP contribution < -0.4 is 5.32 Å². The van der Waals surface area contributed by atoms with E-state index in [-0.39, 0.29) is 41.7 Å². The maximum absolute atomic E-state index is 11.4. The third-order valence-corrected chi connectivity index (χ3v) is 2.52. The normalized spacial score (nSPS) is 11.6. The maximum atomic E-state index is 11.4. The van der Waals surface area contributed by atoms with Crippen LogP contribution in [0.3, 0.4) is 0 Å². The third-order valence-electron chi connectivity index (χ3n) is 2.52. The van der Waals surface area contributed by atoms with Crippen molar-refractivity contribution in [3.05, 3.63) is 27.0 Å². The van der Waals surface area contributed by atoms with Gasteiger partial charge in [-0.2, -0.15) is 0 Å². The van der Waals surface area contributed by atoms with Crippen LogP contribution in [0.1, 0.15) is 21.8 Å². The first-order valence-electron chi connectivity index (χ1n) is 6.17. The van der Waals surface area contributed by atoms with E-state index >= 15 is 0 Å². The van der Waals surface area contributed by atoms with Crippen LogP contribution in [0.5, 0.6) is 0 Å². The number of carbonyl (C=O) groups excluding carboxylic acids is 1. The molecule has 0 rings (SSSR count). The molecule has 0 aliphatic heterocycles. The molecular formula is C17H43N3O2. The van der Waals surface area contributed by atoms with Gasteiger partial charge in [-0.25, -0.2) is 0 Å². The Morgan fingerprint density at radius 3 is 1.82 bits per heavy atom. The molecule has 0 aliphatic rings. The lowest BCUT2D eigenvalue weighted by atomic mass is 10.2. The number of amides is 1. The van der Waals surface area contributed by atoms with Gasteiger partial charge in [-0.1, -0.05) is 21.4 Å². The summed E-state index contributed by atoms with van der Waals surface area (Å²) in [6.07, 6.45) is -0.387. The van der Waals surface area contributed by atoms with Crippen LogP contribution in [-0.2, 0) is 4.79 Å². The van der Waals surface area contributed by atoms with E-state index in [1.54, 1.807) is 6.92 Å².